The van der Waals surface area contributed by atoms with Crippen molar-refractivity contribution in [1.29, 1.82) is 5.26 Å². The van der Waals surface area contributed by atoms with E-state index in [1.807, 2.05) is 0 Å². The van der Waals surface area contributed by atoms with Crippen LogP contribution in [0.1, 0.15) is 25.5 Å². The Labute approximate surface area is 134 Å². The van der Waals surface area contributed by atoms with E-state index in [4.69, 9.17) is 5.26 Å². The fourth-order valence-corrected chi connectivity index (χ4v) is 3.25. The minimum atomic E-state index is -0.295. The molecule has 1 aliphatic heterocycles. The molecule has 0 radical (unpaired) electrons. The molecule has 23 heavy (non-hydrogen) atoms. The second kappa shape index (κ2) is 6.01. The van der Waals surface area contributed by atoms with E-state index < -0.39 is 0 Å². The molecule has 0 amide bonds. The predicted molar refractivity (Wildman–Crippen MR) is 88.3 cm³/mol. The van der Waals surface area contributed by atoms with Crippen LogP contribution in [0.3, 0.4) is 0 Å². The number of anilines is 1. The highest BCUT2D eigenvalue weighted by atomic mass is 16.3. The van der Waals surface area contributed by atoms with Crippen molar-refractivity contribution >= 4 is 16.7 Å². The first-order valence-corrected chi connectivity index (χ1v) is 7.89. The molecule has 0 bridgehead atoms. The number of aryl methyl sites for hydroxylation is 1. The summed E-state index contributed by atoms with van der Waals surface area (Å²) in [4.78, 5) is 18.8. The summed E-state index contributed by atoms with van der Waals surface area (Å²) in [7, 11) is 1.71. The van der Waals surface area contributed by atoms with Crippen LogP contribution in [0.15, 0.2) is 23.0 Å². The van der Waals surface area contributed by atoms with Crippen LogP contribution in [0.25, 0.3) is 11.0 Å². The van der Waals surface area contributed by atoms with Gasteiger partial charge in [-0.1, -0.05) is 6.92 Å². The predicted octanol–water partition coefficient (Wildman–Crippen LogP) is 1.40. The third kappa shape index (κ3) is 2.68. The molecule has 1 aliphatic rings. The van der Waals surface area contributed by atoms with Gasteiger partial charge in [0, 0.05) is 32.1 Å². The lowest BCUT2D eigenvalue weighted by atomic mass is 9.92. The topological polar surface area (TPSA) is 82.2 Å². The maximum absolute atomic E-state index is 12.3. The molecule has 0 aliphatic carbocycles. The van der Waals surface area contributed by atoms with Gasteiger partial charge >= 0.3 is 0 Å². The number of aliphatic hydroxyl groups is 1. The minimum Gasteiger partial charge on any atom is -0.393 e. The first kappa shape index (κ1) is 15.5. The third-order valence-corrected chi connectivity index (χ3v) is 4.74. The van der Waals surface area contributed by atoms with Crippen LogP contribution in [-0.4, -0.2) is 33.9 Å². The lowest BCUT2D eigenvalue weighted by Gasteiger charge is -2.37. The summed E-state index contributed by atoms with van der Waals surface area (Å²) in [5.74, 6) is 0.182. The van der Waals surface area contributed by atoms with Gasteiger partial charge in [0.05, 0.1) is 17.3 Å². The number of pyridine rings is 2. The molecule has 3 rings (SSSR count). The molecule has 1 saturated heterocycles. The SMILES string of the molecule is CC[C@H]1CN(c2cc(=O)n(C)c3ccc(C#N)nc23)CC[C@H]1O. The van der Waals surface area contributed by atoms with Gasteiger partial charge in [-0.2, -0.15) is 5.26 Å². The van der Waals surface area contributed by atoms with Crippen molar-refractivity contribution in [2.75, 3.05) is 18.0 Å². The fourth-order valence-electron chi connectivity index (χ4n) is 3.25. The third-order valence-electron chi connectivity index (χ3n) is 4.74. The van der Waals surface area contributed by atoms with E-state index in [-0.39, 0.29) is 17.6 Å². The molecule has 2 atom stereocenters. The van der Waals surface area contributed by atoms with Crippen molar-refractivity contribution in [2.45, 2.75) is 25.9 Å². The van der Waals surface area contributed by atoms with Gasteiger partial charge in [-0.15, -0.1) is 0 Å². The molecule has 0 aromatic carbocycles. The zero-order valence-corrected chi connectivity index (χ0v) is 13.4. The average molecular weight is 312 g/mol. The summed E-state index contributed by atoms with van der Waals surface area (Å²) in [5, 5.41) is 19.2. The largest absolute Gasteiger partial charge is 0.393 e. The number of aromatic nitrogens is 2. The van der Waals surface area contributed by atoms with E-state index in [1.165, 1.54) is 0 Å². The Balaban J connectivity index is 2.15. The molecule has 6 nitrogen and oxygen atoms in total. The number of nitriles is 1. The van der Waals surface area contributed by atoms with Crippen molar-refractivity contribution in [2.24, 2.45) is 13.0 Å². The molecular weight excluding hydrogens is 292 g/mol. The van der Waals surface area contributed by atoms with Gasteiger partial charge in [-0.05, 0) is 25.0 Å². The highest BCUT2D eigenvalue weighted by molar-refractivity contribution is 5.88. The number of fused-ring (bicyclic) bond motifs is 1. The van der Waals surface area contributed by atoms with E-state index in [9.17, 15) is 9.90 Å². The van der Waals surface area contributed by atoms with Gasteiger partial charge < -0.3 is 14.6 Å². The Morgan fingerprint density at radius 3 is 2.96 bits per heavy atom. The monoisotopic (exact) mass is 312 g/mol. The number of aliphatic hydroxyl groups excluding tert-OH is 1. The minimum absolute atomic E-state index is 0.0989. The summed E-state index contributed by atoms with van der Waals surface area (Å²) < 4.78 is 1.54. The second-order valence-corrected chi connectivity index (χ2v) is 6.07. The number of nitrogens with zero attached hydrogens (tertiary/aromatic N) is 4. The van der Waals surface area contributed by atoms with Crippen LogP contribution in [0, 0.1) is 17.2 Å². The normalized spacial score (nSPS) is 21.4. The molecule has 0 saturated carbocycles. The molecule has 1 fully saturated rings. The van der Waals surface area contributed by atoms with Crippen LogP contribution in [0.5, 0.6) is 0 Å². The molecule has 2 aromatic heterocycles. The molecule has 1 N–H and O–H groups in total. The Kier molecular flexibility index (Phi) is 4.05. The van der Waals surface area contributed by atoms with Gasteiger partial charge in [-0.25, -0.2) is 4.98 Å². The van der Waals surface area contributed by atoms with Gasteiger partial charge in [0.25, 0.3) is 5.56 Å². The number of hydrogen-bond donors (Lipinski definition) is 1. The Morgan fingerprint density at radius 2 is 2.26 bits per heavy atom. The van der Waals surface area contributed by atoms with Crippen LogP contribution in [-0.2, 0) is 7.05 Å². The van der Waals surface area contributed by atoms with Gasteiger partial charge in [-0.3, -0.25) is 4.79 Å². The lowest BCUT2D eigenvalue weighted by molar-refractivity contribution is 0.0861. The highest BCUT2D eigenvalue weighted by Gasteiger charge is 2.28. The summed E-state index contributed by atoms with van der Waals surface area (Å²) in [6, 6.07) is 7.03. The molecule has 6 heteroatoms. The summed E-state index contributed by atoms with van der Waals surface area (Å²) in [5.41, 5.74) is 2.37. The number of rotatable bonds is 2. The van der Waals surface area contributed by atoms with Crippen molar-refractivity contribution in [3.8, 4) is 6.07 Å². The van der Waals surface area contributed by atoms with Crippen molar-refractivity contribution in [1.82, 2.24) is 9.55 Å². The van der Waals surface area contributed by atoms with Gasteiger partial charge in [0.2, 0.25) is 0 Å². The Hall–Kier alpha value is -2.39. The van der Waals surface area contributed by atoms with Crippen LogP contribution in [0.2, 0.25) is 0 Å². The first-order valence-electron chi connectivity index (χ1n) is 7.89. The fraction of sp³-hybridized carbons (Fsp3) is 0.471. The summed E-state index contributed by atoms with van der Waals surface area (Å²) in [6.07, 6.45) is 1.27. The van der Waals surface area contributed by atoms with Crippen LogP contribution in [0.4, 0.5) is 5.69 Å². The molecule has 0 spiro atoms. The van der Waals surface area contributed by atoms with E-state index >= 15 is 0 Å². The lowest BCUT2D eigenvalue weighted by Crippen LogP contribution is -2.43. The zero-order valence-electron chi connectivity index (χ0n) is 13.4. The Morgan fingerprint density at radius 1 is 1.48 bits per heavy atom. The molecule has 2 aromatic rings. The standard InChI is InChI=1S/C17H20N4O2/c1-3-11-10-21(7-6-15(11)22)14-8-16(23)20(2)13-5-4-12(9-18)19-17(13)14/h4-5,8,11,15,22H,3,6-7,10H2,1-2H3/t11-,15+/m0/s1. The van der Waals surface area contributed by atoms with Crippen molar-refractivity contribution < 1.29 is 5.11 Å². The van der Waals surface area contributed by atoms with Crippen LogP contribution >= 0.6 is 0 Å². The maximum atomic E-state index is 12.3. The summed E-state index contributed by atoms with van der Waals surface area (Å²) >= 11 is 0. The van der Waals surface area contributed by atoms with E-state index in [0.717, 1.165) is 12.1 Å². The van der Waals surface area contributed by atoms with Crippen molar-refractivity contribution in [3.05, 3.63) is 34.2 Å². The number of piperidine rings is 1. The van der Waals surface area contributed by atoms with Crippen molar-refractivity contribution in [3.63, 3.8) is 0 Å². The smallest absolute Gasteiger partial charge is 0.252 e. The second-order valence-electron chi connectivity index (χ2n) is 6.07. The zero-order chi connectivity index (χ0) is 16.6. The maximum Gasteiger partial charge on any atom is 0.252 e. The summed E-state index contributed by atoms with van der Waals surface area (Å²) in [6.45, 7) is 3.43. The quantitative estimate of drug-likeness (QED) is 0.906. The van der Waals surface area contributed by atoms with Gasteiger partial charge in [0.1, 0.15) is 17.3 Å². The van der Waals surface area contributed by atoms with E-state index in [1.54, 1.807) is 29.8 Å². The molecule has 0 unspecified atom stereocenters. The molecular formula is C17H20N4O2. The molecule has 120 valence electrons. The van der Waals surface area contributed by atoms with E-state index in [2.05, 4.69) is 22.9 Å². The van der Waals surface area contributed by atoms with Crippen LogP contribution < -0.4 is 10.5 Å². The highest BCUT2D eigenvalue weighted by Crippen LogP contribution is 2.29. The molecule has 3 heterocycles. The Bertz CT molecular complexity index is 837. The number of hydrogen-bond acceptors (Lipinski definition) is 5. The van der Waals surface area contributed by atoms with E-state index in [0.29, 0.717) is 36.2 Å². The van der Waals surface area contributed by atoms with Gasteiger partial charge in [0.15, 0.2) is 0 Å². The first-order chi connectivity index (χ1) is 11.0. The average Bonchev–Trinajstić information content (AvgIpc) is 2.58.